The van der Waals surface area contributed by atoms with E-state index in [2.05, 4.69) is 31.1 Å². The minimum Gasteiger partial charge on any atom is -0.318 e. The number of benzene rings is 4. The lowest BCUT2D eigenvalue weighted by Crippen LogP contribution is -2.26. The fourth-order valence-electron chi connectivity index (χ4n) is 6.58. The number of carbonyl (C=O) groups excluding carboxylic acids is 3. The summed E-state index contributed by atoms with van der Waals surface area (Å²) in [5, 5.41) is 4.02. The summed E-state index contributed by atoms with van der Waals surface area (Å²) < 4.78 is 0. The standard InChI is InChI=1S/C38H37NO4/c1-6-20-38(21-7-2)33-22-27(36(41)30-15-11-9-13-25(30)4)16-18-31(33)32-19-17-28(23-34(32)38)37(42)35(39-43-26(5)40)29-14-10-8-12-24(29)3/h8-19,22-23H,6-7,20-21H2,1-5H3/b39-35+. The lowest BCUT2D eigenvalue weighted by atomic mass is 9.71. The van der Waals surface area contributed by atoms with E-state index < -0.39 is 5.97 Å². The van der Waals surface area contributed by atoms with Crippen molar-refractivity contribution in [2.24, 2.45) is 5.16 Å². The zero-order chi connectivity index (χ0) is 30.7. The molecule has 0 bridgehead atoms. The molecule has 5 nitrogen and oxygen atoms in total. The number of carbonyl (C=O) groups is 3. The molecule has 0 radical (unpaired) electrons. The number of oxime groups is 1. The monoisotopic (exact) mass is 571 g/mol. The predicted octanol–water partition coefficient (Wildman–Crippen LogP) is 8.55. The molecule has 0 N–H and O–H groups in total. The van der Waals surface area contributed by atoms with Crippen LogP contribution in [0.2, 0.25) is 0 Å². The zero-order valence-corrected chi connectivity index (χ0v) is 25.5. The number of rotatable bonds is 10. The molecule has 0 unspecified atom stereocenters. The smallest absolute Gasteiger partial charge is 0.318 e. The highest BCUT2D eigenvalue weighted by Gasteiger charge is 2.42. The van der Waals surface area contributed by atoms with Crippen molar-refractivity contribution in [2.45, 2.75) is 65.7 Å². The summed E-state index contributed by atoms with van der Waals surface area (Å²) in [7, 11) is 0. The number of hydrogen-bond donors (Lipinski definition) is 0. The molecule has 0 fully saturated rings. The molecule has 0 spiro atoms. The van der Waals surface area contributed by atoms with Gasteiger partial charge in [-0.3, -0.25) is 9.59 Å². The van der Waals surface area contributed by atoms with E-state index in [0.717, 1.165) is 59.1 Å². The topological polar surface area (TPSA) is 72.8 Å². The van der Waals surface area contributed by atoms with Gasteiger partial charge in [0.2, 0.25) is 5.78 Å². The van der Waals surface area contributed by atoms with Crippen molar-refractivity contribution in [3.05, 3.63) is 129 Å². The first kappa shape index (κ1) is 29.8. The Balaban J connectivity index is 1.64. The molecule has 0 heterocycles. The fourth-order valence-corrected chi connectivity index (χ4v) is 6.58. The Hall–Kier alpha value is -4.64. The van der Waals surface area contributed by atoms with Crippen molar-refractivity contribution < 1.29 is 19.2 Å². The Morgan fingerprint density at radius 3 is 1.74 bits per heavy atom. The van der Waals surface area contributed by atoms with E-state index in [0.29, 0.717) is 22.3 Å². The summed E-state index contributed by atoms with van der Waals surface area (Å²) in [5.74, 6) is -0.893. The first-order valence-corrected chi connectivity index (χ1v) is 15.0. The van der Waals surface area contributed by atoms with Gasteiger partial charge in [-0.2, -0.15) is 0 Å². The van der Waals surface area contributed by atoms with Crippen molar-refractivity contribution >= 4 is 23.2 Å². The Labute approximate surface area is 253 Å². The van der Waals surface area contributed by atoms with Gasteiger partial charge in [-0.1, -0.05) is 105 Å². The second-order valence-electron chi connectivity index (χ2n) is 11.4. The molecule has 5 heteroatoms. The van der Waals surface area contributed by atoms with Gasteiger partial charge in [0.05, 0.1) is 0 Å². The zero-order valence-electron chi connectivity index (χ0n) is 25.5. The molecule has 4 aromatic carbocycles. The molecule has 0 saturated heterocycles. The summed E-state index contributed by atoms with van der Waals surface area (Å²) in [6.45, 7) is 9.47. The molecular weight excluding hydrogens is 534 g/mol. The van der Waals surface area contributed by atoms with Crippen molar-refractivity contribution in [3.8, 4) is 11.1 Å². The molecular formula is C38H37NO4. The van der Waals surface area contributed by atoms with Gasteiger partial charge in [-0.15, -0.1) is 0 Å². The molecule has 0 aliphatic heterocycles. The van der Waals surface area contributed by atoms with Gasteiger partial charge >= 0.3 is 5.97 Å². The Kier molecular flexibility index (Phi) is 8.54. The van der Waals surface area contributed by atoms with E-state index in [9.17, 15) is 14.4 Å². The molecule has 0 saturated carbocycles. The quantitative estimate of drug-likeness (QED) is 0.0827. The first-order chi connectivity index (χ1) is 20.7. The van der Waals surface area contributed by atoms with Crippen LogP contribution in [0.3, 0.4) is 0 Å². The van der Waals surface area contributed by atoms with Crippen LogP contribution >= 0.6 is 0 Å². The van der Waals surface area contributed by atoms with E-state index in [4.69, 9.17) is 4.84 Å². The lowest BCUT2D eigenvalue weighted by molar-refractivity contribution is -0.140. The van der Waals surface area contributed by atoms with Gasteiger partial charge in [0, 0.05) is 34.6 Å². The lowest BCUT2D eigenvalue weighted by Gasteiger charge is -2.32. The molecule has 43 heavy (non-hydrogen) atoms. The van der Waals surface area contributed by atoms with Crippen molar-refractivity contribution in [1.82, 2.24) is 0 Å². The number of hydrogen-bond acceptors (Lipinski definition) is 5. The van der Waals surface area contributed by atoms with Crippen molar-refractivity contribution in [1.29, 1.82) is 0 Å². The first-order valence-electron chi connectivity index (χ1n) is 15.0. The van der Waals surface area contributed by atoms with Crippen LogP contribution in [-0.2, 0) is 15.0 Å². The van der Waals surface area contributed by atoms with Gasteiger partial charge in [0.25, 0.3) is 0 Å². The van der Waals surface area contributed by atoms with E-state index in [-0.39, 0.29) is 22.7 Å². The summed E-state index contributed by atoms with van der Waals surface area (Å²) in [5.41, 5.74) is 8.44. The van der Waals surface area contributed by atoms with Crippen LogP contribution in [0.5, 0.6) is 0 Å². The Bertz CT molecular complexity index is 1760. The molecule has 1 aliphatic rings. The maximum Gasteiger partial charge on any atom is 0.332 e. The largest absolute Gasteiger partial charge is 0.332 e. The predicted molar refractivity (Wildman–Crippen MR) is 171 cm³/mol. The van der Waals surface area contributed by atoms with Crippen molar-refractivity contribution in [2.75, 3.05) is 0 Å². The van der Waals surface area contributed by atoms with E-state index in [1.165, 1.54) is 6.92 Å². The highest BCUT2D eigenvalue weighted by Crippen LogP contribution is 2.54. The molecule has 5 rings (SSSR count). The minimum atomic E-state index is -0.593. The van der Waals surface area contributed by atoms with Crippen LogP contribution < -0.4 is 0 Å². The number of ketones is 2. The van der Waals surface area contributed by atoms with E-state index in [1.807, 2.05) is 86.6 Å². The molecule has 4 aromatic rings. The van der Waals surface area contributed by atoms with Gasteiger partial charge in [0.1, 0.15) is 0 Å². The normalized spacial score (nSPS) is 13.3. The number of nitrogens with zero attached hydrogens (tertiary/aromatic N) is 1. The summed E-state index contributed by atoms with van der Waals surface area (Å²) in [4.78, 5) is 44.4. The Morgan fingerprint density at radius 1 is 0.698 bits per heavy atom. The number of fused-ring (bicyclic) bond motifs is 3. The third-order valence-corrected chi connectivity index (χ3v) is 8.51. The van der Waals surface area contributed by atoms with Crippen LogP contribution in [0.1, 0.15) is 101 Å². The van der Waals surface area contributed by atoms with Gasteiger partial charge in [0.15, 0.2) is 11.5 Å². The van der Waals surface area contributed by atoms with Crippen LogP contribution in [0.4, 0.5) is 0 Å². The van der Waals surface area contributed by atoms with E-state index >= 15 is 0 Å². The van der Waals surface area contributed by atoms with Crippen LogP contribution in [0.15, 0.2) is 90.1 Å². The Morgan fingerprint density at radius 2 is 1.21 bits per heavy atom. The average Bonchev–Trinajstić information content (AvgIpc) is 3.26. The number of Topliss-reactive ketones (excluding diaryl/α,β-unsaturated/α-hetero) is 1. The van der Waals surface area contributed by atoms with Crippen LogP contribution in [-0.4, -0.2) is 23.2 Å². The fraction of sp³-hybridized carbons (Fsp3) is 0.263. The average molecular weight is 572 g/mol. The maximum absolute atomic E-state index is 14.1. The summed E-state index contributed by atoms with van der Waals surface area (Å²) in [6.07, 6.45) is 3.64. The van der Waals surface area contributed by atoms with Crippen LogP contribution in [0, 0.1) is 13.8 Å². The highest BCUT2D eigenvalue weighted by molar-refractivity contribution is 6.51. The SMILES string of the molecule is CCCC1(CCC)c2cc(C(=O)/C(=N/OC(C)=O)c3ccccc3C)ccc2-c2ccc(C(=O)c3ccccc3C)cc21. The summed E-state index contributed by atoms with van der Waals surface area (Å²) in [6, 6.07) is 27.0. The molecule has 1 aliphatic carbocycles. The third kappa shape index (κ3) is 5.48. The molecule has 0 aromatic heterocycles. The highest BCUT2D eigenvalue weighted by atomic mass is 16.7. The van der Waals surface area contributed by atoms with Crippen LogP contribution in [0.25, 0.3) is 11.1 Å². The second-order valence-corrected chi connectivity index (χ2v) is 11.4. The molecule has 0 atom stereocenters. The maximum atomic E-state index is 14.1. The van der Waals surface area contributed by atoms with Gasteiger partial charge in [-0.05, 0) is 72.2 Å². The summed E-state index contributed by atoms with van der Waals surface area (Å²) >= 11 is 0. The number of aryl methyl sites for hydroxylation is 2. The minimum absolute atomic E-state index is 0.0131. The van der Waals surface area contributed by atoms with Gasteiger partial charge < -0.3 is 4.84 Å². The van der Waals surface area contributed by atoms with E-state index in [1.54, 1.807) is 0 Å². The molecule has 218 valence electrons. The third-order valence-electron chi connectivity index (χ3n) is 8.51. The molecule has 0 amide bonds. The second kappa shape index (κ2) is 12.3. The van der Waals surface area contributed by atoms with Gasteiger partial charge in [-0.25, -0.2) is 4.79 Å². The van der Waals surface area contributed by atoms with Crippen molar-refractivity contribution in [3.63, 3.8) is 0 Å².